The molecule has 0 bridgehead atoms. The fourth-order valence-electron chi connectivity index (χ4n) is 4.84. The Morgan fingerprint density at radius 3 is 2.94 bits per heavy atom. The topological polar surface area (TPSA) is 81.2 Å². The molecular weight excluding hydrogens is 399 g/mol. The summed E-state index contributed by atoms with van der Waals surface area (Å²) in [5, 5.41) is 4.87. The predicted molar refractivity (Wildman–Crippen MR) is 112 cm³/mol. The van der Waals surface area contributed by atoms with E-state index in [4.69, 9.17) is 4.52 Å². The number of hydrogen-bond acceptors (Lipinski definition) is 5. The van der Waals surface area contributed by atoms with Gasteiger partial charge >= 0.3 is 0 Å². The molecule has 31 heavy (non-hydrogen) atoms. The molecule has 0 aliphatic carbocycles. The van der Waals surface area contributed by atoms with Crippen molar-refractivity contribution in [3.63, 3.8) is 0 Å². The second-order valence-electron chi connectivity index (χ2n) is 8.53. The van der Waals surface area contributed by atoms with Gasteiger partial charge in [0, 0.05) is 61.1 Å². The average Bonchev–Trinajstić information content (AvgIpc) is 3.17. The van der Waals surface area contributed by atoms with Crippen LogP contribution in [-0.4, -0.2) is 38.6 Å². The van der Waals surface area contributed by atoms with Crippen LogP contribution in [0.15, 0.2) is 27.5 Å². The van der Waals surface area contributed by atoms with Gasteiger partial charge in [-0.3, -0.25) is 14.2 Å². The van der Waals surface area contributed by atoms with Gasteiger partial charge in [0.05, 0.1) is 5.69 Å². The summed E-state index contributed by atoms with van der Waals surface area (Å²) in [6.45, 7) is 3.72. The van der Waals surface area contributed by atoms with Gasteiger partial charge in [0.2, 0.25) is 5.91 Å². The Morgan fingerprint density at radius 1 is 1.23 bits per heavy atom. The molecule has 5 rings (SSSR count). The van der Waals surface area contributed by atoms with E-state index >= 15 is 0 Å². The molecule has 0 N–H and O–H groups in total. The lowest BCUT2D eigenvalue weighted by Crippen LogP contribution is -2.40. The predicted octanol–water partition coefficient (Wildman–Crippen LogP) is 3.12. The molecule has 2 aliphatic heterocycles. The van der Waals surface area contributed by atoms with Gasteiger partial charge in [-0.1, -0.05) is 5.16 Å². The van der Waals surface area contributed by atoms with Crippen LogP contribution >= 0.6 is 0 Å². The normalized spacial score (nSPS) is 19.1. The van der Waals surface area contributed by atoms with E-state index in [1.54, 1.807) is 10.6 Å². The highest BCUT2D eigenvalue weighted by molar-refractivity contribution is 5.82. The van der Waals surface area contributed by atoms with Crippen molar-refractivity contribution in [1.82, 2.24) is 19.6 Å². The van der Waals surface area contributed by atoms with Crippen LogP contribution in [0.25, 0.3) is 11.0 Å². The maximum atomic E-state index is 13.4. The van der Waals surface area contributed by atoms with Crippen molar-refractivity contribution in [1.29, 1.82) is 0 Å². The number of halogens is 1. The van der Waals surface area contributed by atoms with E-state index < -0.39 is 0 Å². The van der Waals surface area contributed by atoms with E-state index in [1.165, 1.54) is 12.1 Å². The number of fused-ring (bicyclic) bond motifs is 2. The molecule has 7 nitrogen and oxygen atoms in total. The van der Waals surface area contributed by atoms with Gasteiger partial charge in [-0.15, -0.1) is 0 Å². The molecule has 8 heteroatoms. The van der Waals surface area contributed by atoms with Crippen molar-refractivity contribution >= 4 is 16.9 Å². The lowest BCUT2D eigenvalue weighted by molar-refractivity contribution is -0.133. The number of aryl methyl sites for hydroxylation is 2. The minimum absolute atomic E-state index is 0.0400. The van der Waals surface area contributed by atoms with E-state index in [-0.39, 0.29) is 23.2 Å². The quantitative estimate of drug-likeness (QED) is 0.643. The fraction of sp³-hybridized carbons (Fsp3) is 0.478. The summed E-state index contributed by atoms with van der Waals surface area (Å²) in [6.07, 6.45) is 4.54. The Balaban J connectivity index is 1.28. The Hall–Kier alpha value is -3.03. The van der Waals surface area contributed by atoms with Crippen molar-refractivity contribution in [2.24, 2.45) is 0 Å². The summed E-state index contributed by atoms with van der Waals surface area (Å²) in [6, 6.07) is 4.36. The van der Waals surface area contributed by atoms with Crippen LogP contribution in [0.3, 0.4) is 0 Å². The summed E-state index contributed by atoms with van der Waals surface area (Å²) < 4.78 is 20.5. The van der Waals surface area contributed by atoms with E-state index in [0.29, 0.717) is 37.1 Å². The average molecular weight is 424 g/mol. The van der Waals surface area contributed by atoms with Gasteiger partial charge in [-0.05, 0) is 44.7 Å². The van der Waals surface area contributed by atoms with Gasteiger partial charge < -0.3 is 9.42 Å². The molecule has 3 aromatic rings. The number of carbonyl (C=O) groups is 1. The molecule has 2 aliphatic rings. The summed E-state index contributed by atoms with van der Waals surface area (Å²) in [5.41, 5.74) is 2.66. The van der Waals surface area contributed by atoms with Crippen LogP contribution in [0.2, 0.25) is 0 Å². The SMILES string of the molecule is Cc1nc2n(c(=O)c1CCN1CCC(c3noc4cc(F)ccc34)CC1=O)CCCC2. The van der Waals surface area contributed by atoms with Crippen LogP contribution in [0.4, 0.5) is 4.39 Å². The first-order valence-corrected chi connectivity index (χ1v) is 10.9. The van der Waals surface area contributed by atoms with Crippen molar-refractivity contribution in [3.8, 4) is 0 Å². The fourth-order valence-corrected chi connectivity index (χ4v) is 4.84. The first-order valence-electron chi connectivity index (χ1n) is 10.9. The second-order valence-corrected chi connectivity index (χ2v) is 8.53. The maximum Gasteiger partial charge on any atom is 0.256 e. The Morgan fingerprint density at radius 2 is 2.10 bits per heavy atom. The van der Waals surface area contributed by atoms with E-state index in [1.807, 2.05) is 11.8 Å². The largest absolute Gasteiger partial charge is 0.356 e. The molecule has 1 unspecified atom stereocenters. The summed E-state index contributed by atoms with van der Waals surface area (Å²) in [4.78, 5) is 32.2. The molecule has 1 saturated heterocycles. The highest BCUT2D eigenvalue weighted by Crippen LogP contribution is 2.33. The maximum absolute atomic E-state index is 13.4. The minimum Gasteiger partial charge on any atom is -0.356 e. The number of piperidine rings is 1. The Labute approximate surface area is 178 Å². The molecule has 1 fully saturated rings. The highest BCUT2D eigenvalue weighted by atomic mass is 19.1. The summed E-state index contributed by atoms with van der Waals surface area (Å²) in [7, 11) is 0. The van der Waals surface area contributed by atoms with Gasteiger partial charge in [0.15, 0.2) is 5.58 Å². The summed E-state index contributed by atoms with van der Waals surface area (Å²) in [5.74, 6) is 0.504. The van der Waals surface area contributed by atoms with E-state index in [2.05, 4.69) is 10.1 Å². The van der Waals surface area contributed by atoms with Gasteiger partial charge in [-0.25, -0.2) is 9.37 Å². The van der Waals surface area contributed by atoms with Crippen molar-refractivity contribution < 1.29 is 13.7 Å². The monoisotopic (exact) mass is 424 g/mol. The molecular formula is C23H25FN4O3. The highest BCUT2D eigenvalue weighted by Gasteiger charge is 2.30. The molecule has 4 heterocycles. The van der Waals surface area contributed by atoms with E-state index in [0.717, 1.165) is 54.8 Å². The van der Waals surface area contributed by atoms with E-state index in [9.17, 15) is 14.0 Å². The third kappa shape index (κ3) is 3.64. The van der Waals surface area contributed by atoms with Crippen molar-refractivity contribution in [2.45, 2.75) is 57.9 Å². The lowest BCUT2D eigenvalue weighted by Gasteiger charge is -2.31. The molecule has 1 atom stereocenters. The summed E-state index contributed by atoms with van der Waals surface area (Å²) >= 11 is 0. The Bertz CT molecular complexity index is 1220. The molecule has 162 valence electrons. The van der Waals surface area contributed by atoms with Crippen molar-refractivity contribution in [2.75, 3.05) is 13.1 Å². The Kier molecular flexibility index (Phi) is 5.08. The van der Waals surface area contributed by atoms with Gasteiger partial charge in [0.25, 0.3) is 5.56 Å². The van der Waals surface area contributed by atoms with Crippen molar-refractivity contribution in [3.05, 3.63) is 57.1 Å². The molecule has 1 amide bonds. The first kappa shape index (κ1) is 19.9. The zero-order valence-electron chi connectivity index (χ0n) is 17.6. The van der Waals surface area contributed by atoms with Crippen LogP contribution in [-0.2, 0) is 24.2 Å². The molecule has 2 aromatic heterocycles. The number of rotatable bonds is 4. The number of nitrogens with zero attached hydrogens (tertiary/aromatic N) is 4. The molecule has 0 saturated carbocycles. The first-order chi connectivity index (χ1) is 15.0. The number of hydrogen-bond donors (Lipinski definition) is 0. The number of likely N-dealkylation sites (tertiary alicyclic amines) is 1. The third-order valence-corrected chi connectivity index (χ3v) is 6.58. The lowest BCUT2D eigenvalue weighted by atomic mass is 9.91. The zero-order valence-corrected chi connectivity index (χ0v) is 17.6. The van der Waals surface area contributed by atoms with Crippen LogP contribution in [0.5, 0.6) is 0 Å². The number of aromatic nitrogens is 3. The van der Waals surface area contributed by atoms with Crippen LogP contribution in [0, 0.1) is 12.7 Å². The molecule has 0 radical (unpaired) electrons. The molecule has 0 spiro atoms. The standard InChI is InChI=1S/C23H25FN4O3/c1-14-17(23(30)28-9-3-2-4-20(28)25-14)8-11-27-10-7-15(12-21(27)29)22-18-6-5-16(24)13-19(18)31-26-22/h5-6,13,15H,2-4,7-12H2,1H3. The molecule has 1 aromatic carbocycles. The number of amides is 1. The number of carbonyl (C=O) groups excluding carboxylic acids is 1. The van der Waals surface area contributed by atoms with Crippen LogP contribution in [0.1, 0.15) is 54.4 Å². The zero-order chi connectivity index (χ0) is 21.5. The van der Waals surface area contributed by atoms with Gasteiger partial charge in [-0.2, -0.15) is 0 Å². The van der Waals surface area contributed by atoms with Gasteiger partial charge in [0.1, 0.15) is 11.6 Å². The second kappa shape index (κ2) is 7.90. The number of benzene rings is 1. The smallest absolute Gasteiger partial charge is 0.256 e. The van der Waals surface area contributed by atoms with Crippen LogP contribution < -0.4 is 5.56 Å². The minimum atomic E-state index is -0.371. The third-order valence-electron chi connectivity index (χ3n) is 6.58.